The highest BCUT2D eigenvalue weighted by molar-refractivity contribution is 6.31. The van der Waals surface area contributed by atoms with Gasteiger partial charge in [-0.25, -0.2) is 0 Å². The Morgan fingerprint density at radius 3 is 2.58 bits per heavy atom. The van der Waals surface area contributed by atoms with Gasteiger partial charge in [-0.3, -0.25) is 0 Å². The van der Waals surface area contributed by atoms with Crippen LogP contribution in [-0.2, 0) is 6.54 Å². The van der Waals surface area contributed by atoms with Crippen molar-refractivity contribution in [2.75, 3.05) is 18.5 Å². The van der Waals surface area contributed by atoms with Crippen LogP contribution in [0.5, 0.6) is 0 Å². The Hall–Kier alpha value is -0.940. The fraction of sp³-hybridized carbons (Fsp3) is 0.538. The first-order valence-electron chi connectivity index (χ1n) is 6.15. The number of halogens is 4. The first kappa shape index (κ1) is 14.5. The molecule has 1 aliphatic rings. The van der Waals surface area contributed by atoms with E-state index in [2.05, 4.69) is 5.32 Å². The summed E-state index contributed by atoms with van der Waals surface area (Å²) >= 11 is 6.10. The molecule has 0 saturated heterocycles. The second-order valence-electron chi connectivity index (χ2n) is 4.90. The first-order valence-corrected chi connectivity index (χ1v) is 6.52. The summed E-state index contributed by atoms with van der Waals surface area (Å²) in [4.78, 5) is 1.14. The van der Waals surface area contributed by atoms with Crippen molar-refractivity contribution in [3.05, 3.63) is 28.8 Å². The topological polar surface area (TPSA) is 15.3 Å². The molecule has 2 rings (SSSR count). The molecule has 0 heterocycles. The van der Waals surface area contributed by atoms with Crippen LogP contribution >= 0.6 is 11.6 Å². The van der Waals surface area contributed by atoms with E-state index in [1.54, 1.807) is 18.2 Å². The van der Waals surface area contributed by atoms with Crippen molar-refractivity contribution < 1.29 is 13.2 Å². The Morgan fingerprint density at radius 2 is 2.05 bits per heavy atom. The van der Waals surface area contributed by atoms with Crippen LogP contribution in [0.25, 0.3) is 0 Å². The molecule has 0 bridgehead atoms. The van der Waals surface area contributed by atoms with Crippen molar-refractivity contribution in [1.29, 1.82) is 0 Å². The predicted molar refractivity (Wildman–Crippen MR) is 70.6 cm³/mol. The van der Waals surface area contributed by atoms with E-state index in [4.69, 9.17) is 11.6 Å². The second-order valence-corrected chi connectivity index (χ2v) is 5.31. The van der Waals surface area contributed by atoms with Gasteiger partial charge in [-0.05, 0) is 30.5 Å². The van der Waals surface area contributed by atoms with Crippen molar-refractivity contribution in [2.45, 2.75) is 31.6 Å². The molecule has 0 aliphatic heterocycles. The van der Waals surface area contributed by atoms with E-state index >= 15 is 0 Å². The van der Waals surface area contributed by atoms with Gasteiger partial charge in [0.2, 0.25) is 0 Å². The van der Waals surface area contributed by atoms with Crippen LogP contribution in [0.1, 0.15) is 18.4 Å². The molecule has 0 amide bonds. The van der Waals surface area contributed by atoms with Crippen LogP contribution in [0.4, 0.5) is 18.9 Å². The summed E-state index contributed by atoms with van der Waals surface area (Å²) in [6.45, 7) is -0.324. The summed E-state index contributed by atoms with van der Waals surface area (Å²) in [7, 11) is 1.40. The van der Waals surface area contributed by atoms with E-state index in [1.807, 2.05) is 0 Å². The predicted octanol–water partition coefficient (Wildman–Crippen LogP) is 3.59. The highest BCUT2D eigenvalue weighted by Gasteiger charge is 2.29. The summed E-state index contributed by atoms with van der Waals surface area (Å²) in [6.07, 6.45) is -1.85. The van der Waals surface area contributed by atoms with E-state index < -0.39 is 12.7 Å². The third-order valence-electron chi connectivity index (χ3n) is 3.05. The Kier molecular flexibility index (Phi) is 4.26. The van der Waals surface area contributed by atoms with Gasteiger partial charge in [0.25, 0.3) is 0 Å². The van der Waals surface area contributed by atoms with Crippen LogP contribution in [0.3, 0.4) is 0 Å². The quantitative estimate of drug-likeness (QED) is 0.892. The maximum atomic E-state index is 12.3. The number of benzene rings is 1. The molecular formula is C13H16ClF3N2. The standard InChI is InChI=1S/C13H16ClF3N2/c1-19(8-13(15,16)17)11-5-2-9(12(14)6-11)7-18-10-3-4-10/h2,5-6,10,18H,3-4,7-8H2,1H3. The van der Waals surface area contributed by atoms with Crippen molar-refractivity contribution in [2.24, 2.45) is 0 Å². The highest BCUT2D eigenvalue weighted by atomic mass is 35.5. The molecule has 0 spiro atoms. The lowest BCUT2D eigenvalue weighted by molar-refractivity contribution is -0.119. The van der Waals surface area contributed by atoms with Gasteiger partial charge in [0.15, 0.2) is 0 Å². The maximum Gasteiger partial charge on any atom is 0.405 e. The lowest BCUT2D eigenvalue weighted by atomic mass is 10.2. The average molecular weight is 293 g/mol. The van der Waals surface area contributed by atoms with Gasteiger partial charge in [-0.2, -0.15) is 13.2 Å². The summed E-state index contributed by atoms with van der Waals surface area (Å²) in [5.41, 5.74) is 1.38. The van der Waals surface area contributed by atoms with Gasteiger partial charge in [0.1, 0.15) is 6.54 Å². The minimum absolute atomic E-state index is 0.470. The van der Waals surface area contributed by atoms with Crippen molar-refractivity contribution in [3.63, 3.8) is 0 Å². The highest BCUT2D eigenvalue weighted by Crippen LogP contribution is 2.27. The van der Waals surface area contributed by atoms with Crippen LogP contribution in [0.15, 0.2) is 18.2 Å². The van der Waals surface area contributed by atoms with Crippen molar-refractivity contribution in [1.82, 2.24) is 5.32 Å². The van der Waals surface area contributed by atoms with Crippen LogP contribution in [0.2, 0.25) is 5.02 Å². The number of hydrogen-bond donors (Lipinski definition) is 1. The average Bonchev–Trinajstić information content (AvgIpc) is 3.08. The number of anilines is 1. The summed E-state index contributed by atoms with van der Waals surface area (Å²) in [5, 5.41) is 3.82. The Labute approximate surface area is 115 Å². The smallest absolute Gasteiger partial charge is 0.366 e. The molecular weight excluding hydrogens is 277 g/mol. The fourth-order valence-corrected chi connectivity index (χ4v) is 2.06. The molecule has 1 aromatic carbocycles. The molecule has 0 aromatic heterocycles. The normalized spacial score (nSPS) is 15.6. The van der Waals surface area contributed by atoms with E-state index in [-0.39, 0.29) is 0 Å². The molecule has 19 heavy (non-hydrogen) atoms. The Balaban J connectivity index is 2.00. The van der Waals surface area contributed by atoms with Crippen LogP contribution in [0, 0.1) is 0 Å². The van der Waals surface area contributed by atoms with E-state index in [0.29, 0.717) is 23.3 Å². The molecule has 0 atom stereocenters. The molecule has 6 heteroatoms. The Morgan fingerprint density at radius 1 is 1.37 bits per heavy atom. The first-order chi connectivity index (χ1) is 8.85. The fourth-order valence-electron chi connectivity index (χ4n) is 1.82. The number of hydrogen-bond acceptors (Lipinski definition) is 2. The number of rotatable bonds is 5. The molecule has 1 saturated carbocycles. The molecule has 0 unspecified atom stereocenters. The van der Waals surface area contributed by atoms with Gasteiger partial charge >= 0.3 is 6.18 Å². The maximum absolute atomic E-state index is 12.3. The van der Waals surface area contributed by atoms with Crippen LogP contribution in [-0.4, -0.2) is 25.8 Å². The number of nitrogens with zero attached hydrogens (tertiary/aromatic N) is 1. The monoisotopic (exact) mass is 292 g/mol. The van der Waals surface area contributed by atoms with Gasteiger partial charge in [-0.1, -0.05) is 17.7 Å². The molecule has 1 aliphatic carbocycles. The summed E-state index contributed by atoms with van der Waals surface area (Å²) in [5.74, 6) is 0. The summed E-state index contributed by atoms with van der Waals surface area (Å²) in [6, 6.07) is 5.60. The van der Waals surface area contributed by atoms with Gasteiger partial charge in [0, 0.05) is 30.3 Å². The van der Waals surface area contributed by atoms with Gasteiger partial charge < -0.3 is 10.2 Å². The van der Waals surface area contributed by atoms with Gasteiger partial charge in [-0.15, -0.1) is 0 Å². The third-order valence-corrected chi connectivity index (χ3v) is 3.40. The van der Waals surface area contributed by atoms with Gasteiger partial charge in [0.05, 0.1) is 0 Å². The molecule has 1 aromatic rings. The lowest BCUT2D eigenvalue weighted by Crippen LogP contribution is -2.30. The largest absolute Gasteiger partial charge is 0.405 e. The van der Waals surface area contributed by atoms with E-state index in [0.717, 1.165) is 10.5 Å². The zero-order valence-corrected chi connectivity index (χ0v) is 11.4. The number of nitrogens with one attached hydrogen (secondary N) is 1. The molecule has 106 valence electrons. The SMILES string of the molecule is CN(CC(F)(F)F)c1ccc(CNC2CC2)c(Cl)c1. The lowest BCUT2D eigenvalue weighted by Gasteiger charge is -2.21. The van der Waals surface area contributed by atoms with Crippen LogP contribution < -0.4 is 10.2 Å². The zero-order valence-electron chi connectivity index (χ0n) is 10.6. The molecule has 2 nitrogen and oxygen atoms in total. The second kappa shape index (κ2) is 5.59. The molecule has 1 N–H and O–H groups in total. The molecule has 0 radical (unpaired) electrons. The minimum Gasteiger partial charge on any atom is -0.366 e. The van der Waals surface area contributed by atoms with Crippen molar-refractivity contribution >= 4 is 17.3 Å². The zero-order chi connectivity index (χ0) is 14.0. The third kappa shape index (κ3) is 4.58. The number of alkyl halides is 3. The van der Waals surface area contributed by atoms with Crippen molar-refractivity contribution in [3.8, 4) is 0 Å². The molecule has 1 fully saturated rings. The van der Waals surface area contributed by atoms with E-state index in [1.165, 1.54) is 19.9 Å². The Bertz CT molecular complexity index is 444. The minimum atomic E-state index is -4.21. The summed E-state index contributed by atoms with van der Waals surface area (Å²) < 4.78 is 36.9. The van der Waals surface area contributed by atoms with E-state index in [9.17, 15) is 13.2 Å².